The van der Waals surface area contributed by atoms with Crippen molar-refractivity contribution in [1.82, 2.24) is 5.32 Å². The third-order valence-electron chi connectivity index (χ3n) is 5.79. The minimum absolute atomic E-state index is 0.0205. The Bertz CT molecular complexity index is 595. The van der Waals surface area contributed by atoms with E-state index in [0.29, 0.717) is 19.1 Å². The molecule has 1 N–H and O–H groups in total. The molecule has 4 nitrogen and oxygen atoms in total. The molecule has 27 heavy (non-hydrogen) atoms. The zero-order chi connectivity index (χ0) is 18.9. The van der Waals surface area contributed by atoms with Crippen molar-refractivity contribution >= 4 is 5.91 Å². The van der Waals surface area contributed by atoms with Crippen molar-refractivity contribution in [1.29, 1.82) is 0 Å². The van der Waals surface area contributed by atoms with Gasteiger partial charge in [0, 0.05) is 13.2 Å². The fourth-order valence-corrected chi connectivity index (χ4v) is 4.15. The van der Waals surface area contributed by atoms with E-state index in [1.54, 1.807) is 0 Å². The van der Waals surface area contributed by atoms with Gasteiger partial charge in [-0.25, -0.2) is 0 Å². The molecule has 2 aliphatic rings. The fraction of sp³-hybridized carbons (Fsp3) is 0.696. The molecular formula is C23H35NO3. The summed E-state index contributed by atoms with van der Waals surface area (Å²) in [6.07, 6.45) is 12.7. The van der Waals surface area contributed by atoms with Crippen LogP contribution >= 0.6 is 0 Å². The molecule has 0 spiro atoms. The van der Waals surface area contributed by atoms with Crippen LogP contribution in [-0.2, 0) is 22.4 Å². The van der Waals surface area contributed by atoms with Crippen molar-refractivity contribution in [3.8, 4) is 5.75 Å². The van der Waals surface area contributed by atoms with Crippen LogP contribution in [0.3, 0.4) is 0 Å². The standard InChI is InChI=1S/C23H35NO3/c1-2-22(27-21-14-13-18-9-6-7-10-19(18)17-21)23(25)24-15-8-16-26-20-11-4-3-5-12-20/h13-14,17,20,22H,2-12,15-16H2,1H3,(H,24,25)/t22-/m1/s1. The van der Waals surface area contributed by atoms with Crippen molar-refractivity contribution < 1.29 is 14.3 Å². The number of benzene rings is 1. The Kier molecular flexibility index (Phi) is 8.00. The first-order valence-electron chi connectivity index (χ1n) is 10.9. The van der Waals surface area contributed by atoms with Gasteiger partial charge in [0.2, 0.25) is 0 Å². The van der Waals surface area contributed by atoms with Gasteiger partial charge in [-0.05, 0) is 74.6 Å². The Morgan fingerprint density at radius 2 is 1.89 bits per heavy atom. The summed E-state index contributed by atoms with van der Waals surface area (Å²) in [5, 5.41) is 3.01. The molecule has 0 heterocycles. The minimum Gasteiger partial charge on any atom is -0.481 e. The number of nitrogens with one attached hydrogen (secondary N) is 1. The highest BCUT2D eigenvalue weighted by molar-refractivity contribution is 5.81. The Balaban J connectivity index is 1.38. The number of rotatable bonds is 9. The number of ether oxygens (including phenoxy) is 2. The van der Waals surface area contributed by atoms with Crippen molar-refractivity contribution in [2.75, 3.05) is 13.2 Å². The monoisotopic (exact) mass is 373 g/mol. The van der Waals surface area contributed by atoms with Gasteiger partial charge in [-0.2, -0.15) is 0 Å². The fourth-order valence-electron chi connectivity index (χ4n) is 4.15. The summed E-state index contributed by atoms with van der Waals surface area (Å²) in [5.41, 5.74) is 2.82. The van der Waals surface area contributed by atoms with Crippen LogP contribution in [0.2, 0.25) is 0 Å². The summed E-state index contributed by atoms with van der Waals surface area (Å²) in [6, 6.07) is 6.30. The molecule has 3 rings (SSSR count). The number of hydrogen-bond acceptors (Lipinski definition) is 3. The van der Waals surface area contributed by atoms with E-state index in [1.807, 2.05) is 13.0 Å². The van der Waals surface area contributed by atoms with Crippen molar-refractivity contribution in [3.63, 3.8) is 0 Å². The predicted molar refractivity (Wildman–Crippen MR) is 108 cm³/mol. The van der Waals surface area contributed by atoms with Crippen LogP contribution in [0.1, 0.15) is 75.8 Å². The largest absolute Gasteiger partial charge is 0.481 e. The predicted octanol–water partition coefficient (Wildman–Crippen LogP) is 4.58. The quantitative estimate of drug-likeness (QED) is 0.645. The van der Waals surface area contributed by atoms with Gasteiger partial charge in [0.15, 0.2) is 6.10 Å². The zero-order valence-electron chi connectivity index (χ0n) is 16.8. The first kappa shape index (κ1) is 20.2. The molecule has 0 aromatic heterocycles. The average Bonchev–Trinajstić information content (AvgIpc) is 2.72. The lowest BCUT2D eigenvalue weighted by molar-refractivity contribution is -0.128. The Morgan fingerprint density at radius 1 is 1.11 bits per heavy atom. The second-order valence-corrected chi connectivity index (χ2v) is 7.93. The van der Waals surface area contributed by atoms with Crippen LogP contribution in [0.25, 0.3) is 0 Å². The summed E-state index contributed by atoms with van der Waals surface area (Å²) < 4.78 is 11.9. The van der Waals surface area contributed by atoms with Crippen molar-refractivity contribution in [2.24, 2.45) is 0 Å². The number of amides is 1. The van der Waals surface area contributed by atoms with E-state index in [4.69, 9.17) is 9.47 Å². The number of carbonyl (C=O) groups is 1. The first-order chi connectivity index (χ1) is 13.3. The van der Waals surface area contributed by atoms with E-state index in [9.17, 15) is 4.79 Å². The molecule has 0 bridgehead atoms. The maximum Gasteiger partial charge on any atom is 0.261 e. The summed E-state index contributed by atoms with van der Waals surface area (Å²) in [5.74, 6) is 0.797. The molecule has 1 fully saturated rings. The van der Waals surface area contributed by atoms with Gasteiger partial charge >= 0.3 is 0 Å². The molecule has 1 atom stereocenters. The SMILES string of the molecule is CC[C@@H](Oc1ccc2c(c1)CCCC2)C(=O)NCCCOC1CCCCC1. The van der Waals surface area contributed by atoms with E-state index >= 15 is 0 Å². The molecule has 0 unspecified atom stereocenters. The average molecular weight is 374 g/mol. The summed E-state index contributed by atoms with van der Waals surface area (Å²) >= 11 is 0. The van der Waals surface area contributed by atoms with E-state index in [-0.39, 0.29) is 5.91 Å². The summed E-state index contributed by atoms with van der Waals surface area (Å²) in [6.45, 7) is 3.37. The number of fused-ring (bicyclic) bond motifs is 1. The van der Waals surface area contributed by atoms with E-state index < -0.39 is 6.10 Å². The lowest BCUT2D eigenvalue weighted by Gasteiger charge is -2.22. The molecular weight excluding hydrogens is 338 g/mol. The Labute approximate surface area is 164 Å². The van der Waals surface area contributed by atoms with Gasteiger partial charge in [-0.15, -0.1) is 0 Å². The summed E-state index contributed by atoms with van der Waals surface area (Å²) in [4.78, 5) is 12.5. The molecule has 0 aliphatic heterocycles. The van der Waals surface area contributed by atoms with E-state index in [2.05, 4.69) is 17.4 Å². The molecule has 4 heteroatoms. The van der Waals surface area contributed by atoms with Crippen LogP contribution < -0.4 is 10.1 Å². The number of aryl methyl sites for hydroxylation is 2. The van der Waals surface area contributed by atoms with E-state index in [0.717, 1.165) is 31.6 Å². The summed E-state index contributed by atoms with van der Waals surface area (Å²) in [7, 11) is 0. The lowest BCUT2D eigenvalue weighted by atomic mass is 9.92. The third kappa shape index (κ3) is 6.24. The van der Waals surface area contributed by atoms with Crippen molar-refractivity contribution in [3.05, 3.63) is 29.3 Å². The zero-order valence-corrected chi connectivity index (χ0v) is 16.8. The third-order valence-corrected chi connectivity index (χ3v) is 5.79. The highest BCUT2D eigenvalue weighted by atomic mass is 16.5. The maximum atomic E-state index is 12.5. The minimum atomic E-state index is -0.425. The topological polar surface area (TPSA) is 47.6 Å². The van der Waals surface area contributed by atoms with Gasteiger partial charge in [0.1, 0.15) is 5.75 Å². The number of carbonyl (C=O) groups excluding carboxylic acids is 1. The van der Waals surface area contributed by atoms with Gasteiger partial charge in [0.05, 0.1) is 6.10 Å². The molecule has 0 saturated heterocycles. The van der Waals surface area contributed by atoms with Crippen LogP contribution in [-0.4, -0.2) is 31.3 Å². The molecule has 1 amide bonds. The molecule has 1 aromatic carbocycles. The first-order valence-corrected chi connectivity index (χ1v) is 10.9. The second kappa shape index (κ2) is 10.7. The molecule has 150 valence electrons. The van der Waals surface area contributed by atoms with Gasteiger partial charge < -0.3 is 14.8 Å². The highest BCUT2D eigenvalue weighted by Crippen LogP contribution is 2.26. The van der Waals surface area contributed by atoms with Gasteiger partial charge in [-0.1, -0.05) is 32.3 Å². The van der Waals surface area contributed by atoms with Crippen LogP contribution in [0.15, 0.2) is 18.2 Å². The van der Waals surface area contributed by atoms with Crippen LogP contribution in [0.5, 0.6) is 5.75 Å². The highest BCUT2D eigenvalue weighted by Gasteiger charge is 2.19. The Hall–Kier alpha value is -1.55. The molecule has 1 saturated carbocycles. The van der Waals surface area contributed by atoms with Crippen molar-refractivity contribution in [2.45, 2.75) is 89.8 Å². The molecule has 0 radical (unpaired) electrons. The normalized spacial score (nSPS) is 18.6. The van der Waals surface area contributed by atoms with Gasteiger partial charge in [0.25, 0.3) is 5.91 Å². The Morgan fingerprint density at radius 3 is 2.67 bits per heavy atom. The maximum absolute atomic E-state index is 12.5. The molecule has 1 aromatic rings. The number of hydrogen-bond donors (Lipinski definition) is 1. The van der Waals surface area contributed by atoms with Crippen LogP contribution in [0, 0.1) is 0 Å². The molecule has 2 aliphatic carbocycles. The lowest BCUT2D eigenvalue weighted by Crippen LogP contribution is -2.38. The second-order valence-electron chi connectivity index (χ2n) is 7.93. The van der Waals surface area contributed by atoms with E-state index in [1.165, 1.54) is 56.1 Å². The van der Waals surface area contributed by atoms with Crippen LogP contribution in [0.4, 0.5) is 0 Å². The smallest absolute Gasteiger partial charge is 0.261 e. The van der Waals surface area contributed by atoms with Gasteiger partial charge in [-0.3, -0.25) is 4.79 Å².